The molecule has 1 saturated heterocycles. The number of alkyl halides is 3. The summed E-state index contributed by atoms with van der Waals surface area (Å²) in [6.45, 7) is 3.20. The molecule has 0 unspecified atom stereocenters. The van der Waals surface area contributed by atoms with Gasteiger partial charge in [-0.2, -0.15) is 13.2 Å². The number of nitrogens with zero attached hydrogens (tertiary/aromatic N) is 1. The molecule has 0 radical (unpaired) electrons. The van der Waals surface area contributed by atoms with Crippen LogP contribution in [0.5, 0.6) is 0 Å². The fourth-order valence-electron chi connectivity index (χ4n) is 3.72. The monoisotopic (exact) mass is 418 g/mol. The normalized spacial score (nSPS) is 15.1. The highest BCUT2D eigenvalue weighted by Gasteiger charge is 2.30. The summed E-state index contributed by atoms with van der Waals surface area (Å²) < 4.78 is 38.4. The van der Waals surface area contributed by atoms with Gasteiger partial charge in [0.15, 0.2) is 0 Å². The Labute approximate surface area is 174 Å². The van der Waals surface area contributed by atoms with Gasteiger partial charge in [-0.15, -0.1) is 0 Å². The van der Waals surface area contributed by atoms with Crippen LogP contribution in [0, 0.1) is 5.92 Å². The first-order chi connectivity index (χ1) is 14.2. The first kappa shape index (κ1) is 21.9. The number of hydrogen-bond donors (Lipinski definition) is 1. The van der Waals surface area contributed by atoms with Crippen molar-refractivity contribution in [1.29, 1.82) is 0 Å². The van der Waals surface area contributed by atoms with E-state index < -0.39 is 11.7 Å². The fraction of sp³-hybridized carbons (Fsp3) is 0.391. The van der Waals surface area contributed by atoms with E-state index in [-0.39, 0.29) is 18.4 Å². The third kappa shape index (κ3) is 5.84. The zero-order chi connectivity index (χ0) is 21.7. The highest BCUT2D eigenvalue weighted by Crippen LogP contribution is 2.29. The van der Waals surface area contributed by atoms with E-state index in [0.29, 0.717) is 17.0 Å². The number of benzene rings is 2. The first-order valence-electron chi connectivity index (χ1n) is 10.0. The molecule has 7 heteroatoms. The zero-order valence-electron chi connectivity index (χ0n) is 16.8. The maximum atomic E-state index is 12.8. The van der Waals surface area contributed by atoms with Gasteiger partial charge in [-0.05, 0) is 60.6 Å². The first-order valence-corrected chi connectivity index (χ1v) is 10.0. The lowest BCUT2D eigenvalue weighted by Crippen LogP contribution is -2.37. The van der Waals surface area contributed by atoms with Crippen molar-refractivity contribution in [3.05, 3.63) is 70.8 Å². The molecular weight excluding hydrogens is 393 g/mol. The molecule has 0 saturated carbocycles. The van der Waals surface area contributed by atoms with Crippen LogP contribution in [0.1, 0.15) is 46.8 Å². The maximum absolute atomic E-state index is 12.8. The van der Waals surface area contributed by atoms with Gasteiger partial charge >= 0.3 is 6.18 Å². The van der Waals surface area contributed by atoms with E-state index in [1.807, 2.05) is 17.0 Å². The number of amides is 2. The summed E-state index contributed by atoms with van der Waals surface area (Å²) in [6, 6.07) is 12.2. The Morgan fingerprint density at radius 1 is 1.03 bits per heavy atom. The van der Waals surface area contributed by atoms with E-state index in [0.717, 1.165) is 50.0 Å². The number of nitrogens with one attached hydrogen (secondary N) is 1. The van der Waals surface area contributed by atoms with Crippen LogP contribution in [0.15, 0.2) is 48.5 Å². The number of halogens is 3. The van der Waals surface area contributed by atoms with Gasteiger partial charge in [-0.3, -0.25) is 9.59 Å². The Hall–Kier alpha value is -2.83. The summed E-state index contributed by atoms with van der Waals surface area (Å²) in [7, 11) is 0. The van der Waals surface area contributed by atoms with Gasteiger partial charge in [-0.1, -0.05) is 24.3 Å². The van der Waals surface area contributed by atoms with Gasteiger partial charge < -0.3 is 10.2 Å². The Morgan fingerprint density at radius 3 is 2.30 bits per heavy atom. The summed E-state index contributed by atoms with van der Waals surface area (Å²) in [5, 5.41) is 2.67. The highest BCUT2D eigenvalue weighted by atomic mass is 19.4. The van der Waals surface area contributed by atoms with E-state index in [1.54, 1.807) is 25.1 Å². The molecule has 0 aliphatic carbocycles. The molecule has 1 fully saturated rings. The number of piperidine rings is 1. The fourth-order valence-corrected chi connectivity index (χ4v) is 3.72. The number of carbonyl (C=O) groups is 2. The Balaban J connectivity index is 1.51. The quantitative estimate of drug-likeness (QED) is 0.781. The van der Waals surface area contributed by atoms with Crippen LogP contribution in [-0.4, -0.2) is 29.8 Å². The highest BCUT2D eigenvalue weighted by molar-refractivity contribution is 5.94. The van der Waals surface area contributed by atoms with Crippen molar-refractivity contribution in [1.82, 2.24) is 10.2 Å². The van der Waals surface area contributed by atoms with Gasteiger partial charge in [0, 0.05) is 32.1 Å². The molecule has 2 amide bonds. The lowest BCUT2D eigenvalue weighted by molar-refractivity contribution is -0.137. The van der Waals surface area contributed by atoms with Crippen LogP contribution in [0.4, 0.5) is 13.2 Å². The van der Waals surface area contributed by atoms with Gasteiger partial charge in [0.1, 0.15) is 0 Å². The summed E-state index contributed by atoms with van der Waals surface area (Å²) >= 11 is 0. The van der Waals surface area contributed by atoms with Gasteiger partial charge in [0.2, 0.25) is 5.91 Å². The Kier molecular flexibility index (Phi) is 6.80. The molecule has 0 bridgehead atoms. The number of likely N-dealkylation sites (tertiary alicyclic amines) is 1. The molecule has 1 aliphatic heterocycles. The van der Waals surface area contributed by atoms with E-state index >= 15 is 0 Å². The topological polar surface area (TPSA) is 49.4 Å². The number of rotatable bonds is 5. The van der Waals surface area contributed by atoms with Crippen LogP contribution < -0.4 is 5.32 Å². The smallest absolute Gasteiger partial charge is 0.348 e. The van der Waals surface area contributed by atoms with Gasteiger partial charge in [0.25, 0.3) is 5.91 Å². The summed E-state index contributed by atoms with van der Waals surface area (Å²) in [4.78, 5) is 25.6. The maximum Gasteiger partial charge on any atom is 0.416 e. The predicted molar refractivity (Wildman–Crippen MR) is 108 cm³/mol. The molecule has 1 heterocycles. The average molecular weight is 418 g/mol. The van der Waals surface area contributed by atoms with E-state index in [4.69, 9.17) is 0 Å². The Morgan fingerprint density at radius 2 is 1.70 bits per heavy atom. The molecule has 1 aliphatic rings. The van der Waals surface area contributed by atoms with Crippen LogP contribution in [-0.2, 0) is 23.9 Å². The Bertz CT molecular complexity index is 886. The second-order valence-corrected chi connectivity index (χ2v) is 7.73. The minimum atomic E-state index is -4.40. The number of hydrogen-bond acceptors (Lipinski definition) is 2. The molecule has 0 atom stereocenters. The van der Waals surface area contributed by atoms with E-state index in [9.17, 15) is 22.8 Å². The largest absolute Gasteiger partial charge is 0.416 e. The molecule has 2 aromatic carbocycles. The van der Waals surface area contributed by atoms with Crippen molar-refractivity contribution in [3.8, 4) is 0 Å². The molecule has 30 heavy (non-hydrogen) atoms. The summed E-state index contributed by atoms with van der Waals surface area (Å²) in [6.07, 6.45) is -1.56. The van der Waals surface area contributed by atoms with Crippen molar-refractivity contribution < 1.29 is 22.8 Å². The molecule has 3 rings (SSSR count). The molecule has 160 valence electrons. The SMILES string of the molecule is CC(=O)N1CCC(Cc2ccc(C(=O)NCc3cccc(C(F)(F)F)c3)cc2)CC1. The minimum Gasteiger partial charge on any atom is -0.348 e. The predicted octanol–water partition coefficient (Wildman–Crippen LogP) is 4.44. The third-order valence-electron chi connectivity index (χ3n) is 5.51. The van der Waals surface area contributed by atoms with Crippen LogP contribution in [0.2, 0.25) is 0 Å². The van der Waals surface area contributed by atoms with Gasteiger partial charge in [-0.25, -0.2) is 0 Å². The second-order valence-electron chi connectivity index (χ2n) is 7.73. The van der Waals surface area contributed by atoms with Gasteiger partial charge in [0.05, 0.1) is 5.56 Å². The van der Waals surface area contributed by atoms with Crippen molar-refractivity contribution >= 4 is 11.8 Å². The van der Waals surface area contributed by atoms with Crippen LogP contribution in [0.3, 0.4) is 0 Å². The summed E-state index contributed by atoms with van der Waals surface area (Å²) in [5.74, 6) is 0.309. The van der Waals surface area contributed by atoms with Crippen molar-refractivity contribution in [3.63, 3.8) is 0 Å². The lowest BCUT2D eigenvalue weighted by Gasteiger charge is -2.31. The summed E-state index contributed by atoms with van der Waals surface area (Å²) in [5.41, 5.74) is 1.27. The van der Waals surface area contributed by atoms with Crippen molar-refractivity contribution in [2.75, 3.05) is 13.1 Å². The minimum absolute atomic E-state index is 0.0270. The van der Waals surface area contributed by atoms with E-state index in [1.165, 1.54) is 6.07 Å². The van der Waals surface area contributed by atoms with Crippen LogP contribution in [0.25, 0.3) is 0 Å². The molecule has 1 N–H and O–H groups in total. The van der Waals surface area contributed by atoms with Crippen molar-refractivity contribution in [2.45, 2.75) is 38.9 Å². The second kappa shape index (κ2) is 9.32. The third-order valence-corrected chi connectivity index (χ3v) is 5.51. The molecule has 0 spiro atoms. The number of carbonyl (C=O) groups excluding carboxylic acids is 2. The molecule has 2 aromatic rings. The average Bonchev–Trinajstić information content (AvgIpc) is 2.72. The standard InChI is InChI=1S/C23H25F3N2O2/c1-16(29)28-11-9-18(10-12-28)13-17-5-7-20(8-6-17)22(30)27-15-19-3-2-4-21(14-19)23(24,25)26/h2-8,14,18H,9-13,15H2,1H3,(H,27,30). The molecule has 0 aromatic heterocycles. The van der Waals surface area contributed by atoms with Crippen molar-refractivity contribution in [2.24, 2.45) is 5.92 Å². The van der Waals surface area contributed by atoms with E-state index in [2.05, 4.69) is 5.32 Å². The lowest BCUT2D eigenvalue weighted by atomic mass is 9.90. The molecular formula is C23H25F3N2O2. The van der Waals surface area contributed by atoms with Crippen LogP contribution >= 0.6 is 0 Å². The zero-order valence-corrected chi connectivity index (χ0v) is 16.8. The molecule has 4 nitrogen and oxygen atoms in total.